The third-order valence-corrected chi connectivity index (χ3v) is 11.3. The molecular formula is C27H42O9S2-2. The van der Waals surface area contributed by atoms with E-state index in [1.54, 1.807) is 0 Å². The molecular weight excluding hydrogens is 532 g/mol. The lowest BCUT2D eigenvalue weighted by Crippen LogP contribution is -2.54. The molecule has 0 saturated heterocycles. The van der Waals surface area contributed by atoms with Gasteiger partial charge in [0.05, 0.1) is 0 Å². The molecule has 0 heterocycles. The normalized spacial score (nSPS) is 40.5. The molecule has 2 unspecified atom stereocenters. The van der Waals surface area contributed by atoms with Crippen LogP contribution in [0, 0.1) is 46.3 Å². The van der Waals surface area contributed by atoms with E-state index >= 15 is 0 Å². The van der Waals surface area contributed by atoms with E-state index in [-0.39, 0.29) is 36.7 Å². The minimum Gasteiger partial charge on any atom is -0.726 e. The number of aliphatic hydroxyl groups excluding tert-OH is 1. The fourth-order valence-corrected chi connectivity index (χ4v) is 9.73. The van der Waals surface area contributed by atoms with Crippen LogP contribution in [-0.4, -0.2) is 49.9 Å². The highest BCUT2D eigenvalue weighted by Crippen LogP contribution is 2.67. The predicted molar refractivity (Wildman–Crippen MR) is 139 cm³/mol. The fourth-order valence-electron chi connectivity index (χ4n) is 8.74. The summed E-state index contributed by atoms with van der Waals surface area (Å²) in [6.45, 7) is 8.90. The van der Waals surface area contributed by atoms with Crippen LogP contribution in [0.25, 0.3) is 0 Å². The summed E-state index contributed by atoms with van der Waals surface area (Å²) in [4.78, 5) is 0. The van der Waals surface area contributed by atoms with Crippen molar-refractivity contribution in [3.8, 4) is 0 Å². The molecule has 0 aliphatic heterocycles. The Morgan fingerprint density at radius 2 is 1.71 bits per heavy atom. The molecule has 0 bridgehead atoms. The van der Waals surface area contributed by atoms with E-state index in [1.165, 1.54) is 0 Å². The van der Waals surface area contributed by atoms with Gasteiger partial charge in [-0.05, 0) is 91.8 Å². The van der Waals surface area contributed by atoms with Crippen molar-refractivity contribution >= 4 is 20.8 Å². The van der Waals surface area contributed by atoms with Gasteiger partial charge in [-0.1, -0.05) is 51.5 Å². The van der Waals surface area contributed by atoms with Gasteiger partial charge in [0.15, 0.2) is 0 Å². The third-order valence-electron chi connectivity index (χ3n) is 10.4. The van der Waals surface area contributed by atoms with E-state index in [9.17, 15) is 31.0 Å². The van der Waals surface area contributed by atoms with Gasteiger partial charge in [0.1, 0.15) is 12.2 Å². The van der Waals surface area contributed by atoms with Crippen molar-refractivity contribution in [1.82, 2.24) is 0 Å². The summed E-state index contributed by atoms with van der Waals surface area (Å²) in [5.41, 5.74) is 0.514. The summed E-state index contributed by atoms with van der Waals surface area (Å²) in [5, 5.41) is 10.3. The van der Waals surface area contributed by atoms with Gasteiger partial charge in [-0.25, -0.2) is 16.8 Å². The van der Waals surface area contributed by atoms with Gasteiger partial charge in [-0.3, -0.25) is 8.37 Å². The maximum atomic E-state index is 11.5. The second kappa shape index (κ2) is 10.9. The predicted octanol–water partition coefficient (Wildman–Crippen LogP) is 4.08. The smallest absolute Gasteiger partial charge is 0.218 e. The minimum atomic E-state index is -5.14. The van der Waals surface area contributed by atoms with E-state index in [4.69, 9.17) is 4.18 Å². The summed E-state index contributed by atoms with van der Waals surface area (Å²) in [6.07, 6.45) is 9.72. The lowest BCUT2D eigenvalue weighted by molar-refractivity contribution is -0.0797. The van der Waals surface area contributed by atoms with Crippen molar-refractivity contribution in [2.45, 2.75) is 91.3 Å². The van der Waals surface area contributed by atoms with Gasteiger partial charge >= 0.3 is 0 Å². The Morgan fingerprint density at radius 3 is 2.32 bits per heavy atom. The first kappa shape index (κ1) is 30.1. The zero-order valence-electron chi connectivity index (χ0n) is 22.7. The number of hydrogen-bond acceptors (Lipinski definition) is 9. The summed E-state index contributed by atoms with van der Waals surface area (Å²) in [7, 11) is -10.3. The molecule has 3 saturated carbocycles. The first-order valence-corrected chi connectivity index (χ1v) is 16.5. The molecule has 0 aromatic rings. The molecule has 1 N–H and O–H groups in total. The number of rotatable bonds is 9. The Hall–Kier alpha value is -0.820. The first-order valence-electron chi connectivity index (χ1n) is 13.8. The summed E-state index contributed by atoms with van der Waals surface area (Å²) in [6, 6.07) is 0. The largest absolute Gasteiger partial charge is 0.726 e. The van der Waals surface area contributed by atoms with Crippen molar-refractivity contribution in [2.24, 2.45) is 46.3 Å². The van der Waals surface area contributed by atoms with E-state index in [0.29, 0.717) is 23.7 Å². The van der Waals surface area contributed by atoms with E-state index in [2.05, 4.69) is 43.2 Å². The van der Waals surface area contributed by atoms with Crippen LogP contribution in [0.15, 0.2) is 23.8 Å². The highest BCUT2D eigenvalue weighted by atomic mass is 32.3. The Kier molecular flexibility index (Phi) is 8.62. The van der Waals surface area contributed by atoms with Crippen molar-refractivity contribution < 1.29 is 39.4 Å². The number of hydrogen-bond donors (Lipinski definition) is 1. The topological polar surface area (TPSA) is 153 Å². The highest BCUT2D eigenvalue weighted by molar-refractivity contribution is 7.81. The van der Waals surface area contributed by atoms with Gasteiger partial charge < -0.3 is 14.2 Å². The van der Waals surface area contributed by atoms with Crippen LogP contribution in [0.3, 0.4) is 0 Å². The standard InChI is InChI=1S/C27H44O9S2/c1-17(2)6-5-7-18(16-28)21-10-11-22-20-9-8-19-14-24(35-37(29,30)31)25(36-38(32,33)34)15-27(19,4)23(20)12-13-26(21,22)3/h5,7-8,17-18,20-25,28H,6,9-16H2,1-4H3,(H,29,30,31)(H,32,33,34)/p-2/b7-5+/t18-,20-,21+,22-,23-,24?,25?,26+,27-/m0/s1. The van der Waals surface area contributed by atoms with E-state index in [0.717, 1.165) is 44.1 Å². The third kappa shape index (κ3) is 6.09. The Morgan fingerprint density at radius 1 is 1.05 bits per heavy atom. The molecule has 218 valence electrons. The second-order valence-corrected chi connectivity index (χ2v) is 14.9. The summed E-state index contributed by atoms with van der Waals surface area (Å²) in [5.74, 6) is 2.05. The van der Waals surface area contributed by atoms with Gasteiger partial charge in [-0.15, -0.1) is 0 Å². The first-order chi connectivity index (χ1) is 17.6. The number of allylic oxidation sites excluding steroid dienone is 2. The van der Waals surface area contributed by atoms with Crippen LogP contribution in [0.4, 0.5) is 0 Å². The molecule has 0 aromatic heterocycles. The summed E-state index contributed by atoms with van der Waals surface area (Å²) >= 11 is 0. The Labute approximate surface area is 228 Å². The average molecular weight is 575 g/mol. The van der Waals surface area contributed by atoms with E-state index < -0.39 is 38.4 Å². The molecule has 0 amide bonds. The molecule has 11 heteroatoms. The van der Waals surface area contributed by atoms with Crippen LogP contribution in [0.5, 0.6) is 0 Å². The lowest BCUT2D eigenvalue weighted by Gasteiger charge is -2.59. The number of fused-ring (bicyclic) bond motifs is 5. The monoisotopic (exact) mass is 574 g/mol. The zero-order valence-corrected chi connectivity index (χ0v) is 24.4. The van der Waals surface area contributed by atoms with Gasteiger partial charge in [0.2, 0.25) is 20.8 Å². The van der Waals surface area contributed by atoms with Crippen molar-refractivity contribution in [2.75, 3.05) is 6.61 Å². The van der Waals surface area contributed by atoms with Crippen LogP contribution in [0.2, 0.25) is 0 Å². The van der Waals surface area contributed by atoms with Crippen LogP contribution >= 0.6 is 0 Å². The molecule has 4 aliphatic rings. The Bertz CT molecular complexity index is 1150. The van der Waals surface area contributed by atoms with Crippen LogP contribution in [-0.2, 0) is 29.2 Å². The highest BCUT2D eigenvalue weighted by Gasteiger charge is 2.60. The molecule has 0 radical (unpaired) electrons. The van der Waals surface area contributed by atoms with Gasteiger partial charge in [0, 0.05) is 12.5 Å². The van der Waals surface area contributed by atoms with Crippen molar-refractivity contribution in [3.05, 3.63) is 23.8 Å². The lowest BCUT2D eigenvalue weighted by atomic mass is 9.46. The molecule has 0 spiro atoms. The minimum absolute atomic E-state index is 0.0270. The zero-order chi connectivity index (χ0) is 28.1. The molecule has 0 aromatic carbocycles. The Balaban J connectivity index is 1.60. The maximum Gasteiger partial charge on any atom is 0.218 e. The molecule has 4 aliphatic carbocycles. The average Bonchev–Trinajstić information content (AvgIpc) is 3.12. The van der Waals surface area contributed by atoms with Crippen molar-refractivity contribution in [1.29, 1.82) is 0 Å². The fraction of sp³-hybridized carbons (Fsp3) is 0.852. The molecule has 38 heavy (non-hydrogen) atoms. The van der Waals surface area contributed by atoms with Crippen molar-refractivity contribution in [3.63, 3.8) is 0 Å². The quantitative estimate of drug-likeness (QED) is 0.244. The summed E-state index contributed by atoms with van der Waals surface area (Å²) < 4.78 is 78.0. The maximum absolute atomic E-state index is 11.5. The molecule has 3 fully saturated rings. The number of aliphatic hydroxyl groups is 1. The van der Waals surface area contributed by atoms with E-state index in [1.807, 2.05) is 6.92 Å². The SMILES string of the molecule is CC(C)C/C=C/[C@@H](CO)[C@H]1CC[C@H]2[C@@H]3CC=C4CC(OS(=O)(=O)[O-])C(OS(=O)(=O)[O-])C[C@]4(C)[C@H]3CC[C@]12C. The van der Waals surface area contributed by atoms with Crippen LogP contribution < -0.4 is 0 Å². The van der Waals surface area contributed by atoms with Crippen LogP contribution in [0.1, 0.15) is 79.1 Å². The van der Waals surface area contributed by atoms with Gasteiger partial charge in [0.25, 0.3) is 0 Å². The molecule has 9 atom stereocenters. The molecule has 4 rings (SSSR count). The molecule has 9 nitrogen and oxygen atoms in total. The second-order valence-electron chi connectivity index (χ2n) is 12.9. The van der Waals surface area contributed by atoms with Gasteiger partial charge in [-0.2, -0.15) is 0 Å².